The second-order valence-corrected chi connectivity index (χ2v) is 6.00. The molecule has 1 aromatic heterocycles. The summed E-state index contributed by atoms with van der Waals surface area (Å²) in [7, 11) is 0. The van der Waals surface area contributed by atoms with Crippen molar-refractivity contribution in [3.8, 4) is 0 Å². The second kappa shape index (κ2) is 5.63. The van der Waals surface area contributed by atoms with E-state index in [0.717, 1.165) is 26.1 Å². The molecule has 1 aliphatic rings. The summed E-state index contributed by atoms with van der Waals surface area (Å²) in [5.41, 5.74) is 10.0. The van der Waals surface area contributed by atoms with Crippen LogP contribution in [0.4, 0.5) is 0 Å². The Balaban J connectivity index is 2.20. The summed E-state index contributed by atoms with van der Waals surface area (Å²) < 4.78 is 2.11. The van der Waals surface area contributed by atoms with Crippen molar-refractivity contribution in [1.29, 1.82) is 0 Å². The van der Waals surface area contributed by atoms with Crippen molar-refractivity contribution in [2.75, 3.05) is 13.1 Å². The van der Waals surface area contributed by atoms with Crippen molar-refractivity contribution in [1.82, 2.24) is 14.7 Å². The molecule has 0 amide bonds. The minimum atomic E-state index is 0.365. The van der Waals surface area contributed by atoms with Crippen molar-refractivity contribution in [2.45, 2.75) is 59.7 Å². The Labute approximate surface area is 117 Å². The van der Waals surface area contributed by atoms with Crippen LogP contribution in [0.25, 0.3) is 0 Å². The molecular formula is C15H28N4. The molecule has 108 valence electrons. The number of hydrogen-bond donors (Lipinski definition) is 1. The molecule has 1 fully saturated rings. The van der Waals surface area contributed by atoms with Gasteiger partial charge in [0, 0.05) is 43.0 Å². The highest BCUT2D eigenvalue weighted by Crippen LogP contribution is 2.30. The van der Waals surface area contributed by atoms with Crippen molar-refractivity contribution < 1.29 is 0 Å². The van der Waals surface area contributed by atoms with E-state index in [-0.39, 0.29) is 0 Å². The molecule has 4 heteroatoms. The molecule has 2 N–H and O–H groups in total. The Morgan fingerprint density at radius 1 is 1.42 bits per heavy atom. The zero-order chi connectivity index (χ0) is 14.2. The molecule has 3 unspecified atom stereocenters. The van der Waals surface area contributed by atoms with Crippen molar-refractivity contribution >= 4 is 0 Å². The van der Waals surface area contributed by atoms with Gasteiger partial charge in [-0.3, -0.25) is 9.58 Å². The SMILES string of the molecule is CCn1nc(C)c(C(C)N2CCC(N)C(C)C2)c1C. The van der Waals surface area contributed by atoms with Gasteiger partial charge in [-0.15, -0.1) is 0 Å². The van der Waals surface area contributed by atoms with Crippen LogP contribution in [-0.4, -0.2) is 33.8 Å². The minimum Gasteiger partial charge on any atom is -0.327 e. The van der Waals surface area contributed by atoms with Crippen LogP contribution in [0.3, 0.4) is 0 Å². The molecule has 0 bridgehead atoms. The Morgan fingerprint density at radius 2 is 2.11 bits per heavy atom. The molecule has 0 aromatic carbocycles. The predicted octanol–water partition coefficient (Wildman–Crippen LogP) is 2.25. The van der Waals surface area contributed by atoms with Gasteiger partial charge in [-0.1, -0.05) is 6.92 Å². The Morgan fingerprint density at radius 3 is 2.63 bits per heavy atom. The molecule has 1 aliphatic heterocycles. The van der Waals surface area contributed by atoms with E-state index in [1.807, 2.05) is 0 Å². The first kappa shape index (κ1) is 14.5. The summed E-state index contributed by atoms with van der Waals surface area (Å²) in [5.74, 6) is 0.582. The first-order valence-electron chi connectivity index (χ1n) is 7.49. The van der Waals surface area contributed by atoms with Gasteiger partial charge in [0.25, 0.3) is 0 Å². The van der Waals surface area contributed by atoms with E-state index in [4.69, 9.17) is 5.73 Å². The van der Waals surface area contributed by atoms with Crippen LogP contribution >= 0.6 is 0 Å². The molecule has 3 atom stereocenters. The summed E-state index contributed by atoms with van der Waals surface area (Å²) in [6.45, 7) is 14.2. The van der Waals surface area contributed by atoms with E-state index < -0.39 is 0 Å². The van der Waals surface area contributed by atoms with Gasteiger partial charge in [-0.25, -0.2) is 0 Å². The number of nitrogens with two attached hydrogens (primary N) is 1. The summed E-state index contributed by atoms with van der Waals surface area (Å²) in [4.78, 5) is 2.56. The third-order valence-corrected chi connectivity index (χ3v) is 4.71. The van der Waals surface area contributed by atoms with Gasteiger partial charge in [0.05, 0.1) is 5.69 Å². The topological polar surface area (TPSA) is 47.1 Å². The summed E-state index contributed by atoms with van der Waals surface area (Å²) in [6.07, 6.45) is 1.10. The maximum atomic E-state index is 6.12. The Kier molecular flexibility index (Phi) is 4.31. The standard InChI is InChI=1S/C15H28N4/c1-6-19-13(5)15(11(3)17-19)12(4)18-8-7-14(16)10(2)9-18/h10,12,14H,6-9,16H2,1-5H3. The number of aromatic nitrogens is 2. The molecule has 19 heavy (non-hydrogen) atoms. The maximum absolute atomic E-state index is 6.12. The third-order valence-electron chi connectivity index (χ3n) is 4.71. The number of rotatable bonds is 3. The van der Waals surface area contributed by atoms with Gasteiger partial charge < -0.3 is 5.73 Å². The lowest BCUT2D eigenvalue weighted by Gasteiger charge is -2.39. The fourth-order valence-electron chi connectivity index (χ4n) is 3.35. The van der Waals surface area contributed by atoms with E-state index in [2.05, 4.69) is 49.3 Å². The average molecular weight is 264 g/mol. The monoisotopic (exact) mass is 264 g/mol. The second-order valence-electron chi connectivity index (χ2n) is 6.00. The first-order valence-corrected chi connectivity index (χ1v) is 7.49. The van der Waals surface area contributed by atoms with E-state index >= 15 is 0 Å². The highest BCUT2D eigenvalue weighted by Gasteiger charge is 2.29. The fraction of sp³-hybridized carbons (Fsp3) is 0.800. The van der Waals surface area contributed by atoms with Gasteiger partial charge >= 0.3 is 0 Å². The number of nitrogens with zero attached hydrogens (tertiary/aromatic N) is 3. The van der Waals surface area contributed by atoms with E-state index in [1.165, 1.54) is 17.0 Å². The Hall–Kier alpha value is -0.870. The normalized spacial score (nSPS) is 26.6. The molecular weight excluding hydrogens is 236 g/mol. The van der Waals surface area contributed by atoms with Crippen molar-refractivity contribution in [2.24, 2.45) is 11.7 Å². The molecule has 0 aliphatic carbocycles. The number of hydrogen-bond acceptors (Lipinski definition) is 3. The van der Waals surface area contributed by atoms with Crippen molar-refractivity contribution in [3.05, 3.63) is 17.0 Å². The van der Waals surface area contributed by atoms with Gasteiger partial charge in [0.1, 0.15) is 0 Å². The predicted molar refractivity (Wildman–Crippen MR) is 79.1 cm³/mol. The lowest BCUT2D eigenvalue weighted by molar-refractivity contribution is 0.123. The molecule has 4 nitrogen and oxygen atoms in total. The molecule has 2 heterocycles. The van der Waals surface area contributed by atoms with E-state index in [0.29, 0.717) is 18.0 Å². The summed E-state index contributed by atoms with van der Waals surface area (Å²) in [6, 6.07) is 0.805. The summed E-state index contributed by atoms with van der Waals surface area (Å²) in [5, 5.41) is 4.64. The highest BCUT2D eigenvalue weighted by atomic mass is 15.3. The molecule has 0 radical (unpaired) electrons. The van der Waals surface area contributed by atoms with Crippen LogP contribution in [0.15, 0.2) is 0 Å². The largest absolute Gasteiger partial charge is 0.327 e. The molecule has 1 saturated heterocycles. The first-order chi connectivity index (χ1) is 8.95. The zero-order valence-electron chi connectivity index (χ0n) is 13.0. The van der Waals surface area contributed by atoms with Gasteiger partial charge in [0.2, 0.25) is 0 Å². The smallest absolute Gasteiger partial charge is 0.0644 e. The molecule has 1 aromatic rings. The molecule has 0 saturated carbocycles. The molecule has 2 rings (SSSR count). The van der Waals surface area contributed by atoms with Crippen LogP contribution < -0.4 is 5.73 Å². The fourth-order valence-corrected chi connectivity index (χ4v) is 3.35. The van der Waals surface area contributed by atoms with Gasteiger partial charge in [0.15, 0.2) is 0 Å². The quantitative estimate of drug-likeness (QED) is 0.911. The lowest BCUT2D eigenvalue weighted by Crippen LogP contribution is -2.46. The average Bonchev–Trinajstić information content (AvgIpc) is 2.67. The van der Waals surface area contributed by atoms with Crippen LogP contribution in [0, 0.1) is 19.8 Å². The van der Waals surface area contributed by atoms with Crippen LogP contribution in [0.2, 0.25) is 0 Å². The summed E-state index contributed by atoms with van der Waals surface area (Å²) >= 11 is 0. The number of likely N-dealkylation sites (tertiary alicyclic amines) is 1. The number of piperidine rings is 1. The minimum absolute atomic E-state index is 0.365. The van der Waals surface area contributed by atoms with Crippen LogP contribution in [0.1, 0.15) is 50.2 Å². The van der Waals surface area contributed by atoms with E-state index in [1.54, 1.807) is 0 Å². The highest BCUT2D eigenvalue weighted by molar-refractivity contribution is 5.28. The van der Waals surface area contributed by atoms with Crippen molar-refractivity contribution in [3.63, 3.8) is 0 Å². The zero-order valence-corrected chi connectivity index (χ0v) is 13.0. The van der Waals surface area contributed by atoms with Crippen LogP contribution in [0.5, 0.6) is 0 Å². The van der Waals surface area contributed by atoms with Gasteiger partial charge in [-0.2, -0.15) is 5.10 Å². The number of aryl methyl sites for hydroxylation is 2. The van der Waals surface area contributed by atoms with Gasteiger partial charge in [-0.05, 0) is 40.0 Å². The Bertz CT molecular complexity index is 438. The lowest BCUT2D eigenvalue weighted by atomic mass is 9.92. The maximum Gasteiger partial charge on any atom is 0.0644 e. The molecule has 0 spiro atoms. The van der Waals surface area contributed by atoms with E-state index in [9.17, 15) is 0 Å². The van der Waals surface area contributed by atoms with Crippen LogP contribution in [-0.2, 0) is 6.54 Å². The third kappa shape index (κ3) is 2.70.